The van der Waals surface area contributed by atoms with Gasteiger partial charge in [-0.1, -0.05) is 49.4 Å². The normalized spacial score (nSPS) is 14.0. The monoisotopic (exact) mass is 255 g/mol. The maximum atomic E-state index is 9.25. The summed E-state index contributed by atoms with van der Waals surface area (Å²) in [7, 11) is 0. The highest BCUT2D eigenvalue weighted by atomic mass is 16.3. The van der Waals surface area contributed by atoms with Crippen LogP contribution in [-0.2, 0) is 6.42 Å². The van der Waals surface area contributed by atoms with Crippen LogP contribution < -0.4 is 5.73 Å². The lowest BCUT2D eigenvalue weighted by Crippen LogP contribution is -2.19. The number of hydrogen-bond acceptors (Lipinski definition) is 2. The van der Waals surface area contributed by atoms with Crippen molar-refractivity contribution in [2.75, 3.05) is 0 Å². The summed E-state index contributed by atoms with van der Waals surface area (Å²) in [5, 5.41) is 9.25. The van der Waals surface area contributed by atoms with E-state index < -0.39 is 0 Å². The maximum absolute atomic E-state index is 9.25. The van der Waals surface area contributed by atoms with Crippen LogP contribution in [0.5, 0.6) is 5.75 Å². The fraction of sp³-hybridized carbons (Fsp3) is 0.294. The molecule has 2 nitrogen and oxygen atoms in total. The fourth-order valence-electron chi connectivity index (χ4n) is 2.24. The van der Waals surface area contributed by atoms with E-state index in [0.717, 1.165) is 12.8 Å². The lowest BCUT2D eigenvalue weighted by molar-refractivity contribution is 0.438. The van der Waals surface area contributed by atoms with Gasteiger partial charge in [0, 0.05) is 6.04 Å². The molecule has 2 unspecified atom stereocenters. The molecule has 2 heteroatoms. The molecule has 0 aliphatic rings. The Morgan fingerprint density at radius 2 is 1.63 bits per heavy atom. The molecule has 0 fully saturated rings. The molecule has 0 aliphatic carbocycles. The number of phenols is 1. The molecule has 2 aromatic carbocycles. The first-order valence-corrected chi connectivity index (χ1v) is 6.75. The second-order valence-corrected chi connectivity index (χ2v) is 5.12. The first-order chi connectivity index (χ1) is 9.16. The number of phenolic OH excluding ortho intramolecular Hbond substituents is 1. The lowest BCUT2D eigenvalue weighted by atomic mass is 9.90. The average Bonchev–Trinajstić information content (AvgIpc) is 2.46. The van der Waals surface area contributed by atoms with E-state index in [9.17, 15) is 5.11 Å². The molecule has 2 rings (SSSR count). The van der Waals surface area contributed by atoms with Gasteiger partial charge in [-0.25, -0.2) is 0 Å². The van der Waals surface area contributed by atoms with Crippen LogP contribution in [0.15, 0.2) is 54.6 Å². The molecule has 0 heterocycles. The van der Waals surface area contributed by atoms with E-state index in [1.54, 1.807) is 12.1 Å². The molecule has 0 saturated carbocycles. The fourth-order valence-corrected chi connectivity index (χ4v) is 2.24. The molecule has 19 heavy (non-hydrogen) atoms. The lowest BCUT2D eigenvalue weighted by Gasteiger charge is -2.20. The molecule has 0 spiro atoms. The zero-order valence-corrected chi connectivity index (χ0v) is 11.3. The molecule has 0 aromatic heterocycles. The molecular formula is C17H21NO. The number of rotatable bonds is 5. The van der Waals surface area contributed by atoms with Crippen molar-refractivity contribution in [1.82, 2.24) is 0 Å². The van der Waals surface area contributed by atoms with Gasteiger partial charge < -0.3 is 10.8 Å². The zero-order valence-electron chi connectivity index (χ0n) is 11.3. The second kappa shape index (κ2) is 6.39. The van der Waals surface area contributed by atoms with Crippen LogP contribution in [0.25, 0.3) is 0 Å². The summed E-state index contributed by atoms with van der Waals surface area (Å²) >= 11 is 0. The first kappa shape index (κ1) is 13.6. The predicted octanol–water partition coefficient (Wildman–Crippen LogP) is 3.66. The summed E-state index contributed by atoms with van der Waals surface area (Å²) in [5.74, 6) is 0.744. The third kappa shape index (κ3) is 3.83. The Labute approximate surface area is 114 Å². The van der Waals surface area contributed by atoms with Gasteiger partial charge in [0.25, 0.3) is 0 Å². The van der Waals surface area contributed by atoms with Crippen molar-refractivity contribution in [3.05, 3.63) is 65.7 Å². The maximum Gasteiger partial charge on any atom is 0.115 e. The Morgan fingerprint density at radius 3 is 2.26 bits per heavy atom. The van der Waals surface area contributed by atoms with Gasteiger partial charge in [-0.05, 0) is 42.0 Å². The van der Waals surface area contributed by atoms with Gasteiger partial charge in [0.1, 0.15) is 5.75 Å². The summed E-state index contributed by atoms with van der Waals surface area (Å²) in [6.07, 6.45) is 2.03. The van der Waals surface area contributed by atoms with E-state index in [4.69, 9.17) is 5.73 Å². The number of aromatic hydroxyl groups is 1. The summed E-state index contributed by atoms with van der Waals surface area (Å²) in [5.41, 5.74) is 8.72. The minimum absolute atomic E-state index is 0.0818. The largest absolute Gasteiger partial charge is 0.508 e. The van der Waals surface area contributed by atoms with Crippen molar-refractivity contribution in [2.45, 2.75) is 25.8 Å². The van der Waals surface area contributed by atoms with Crippen LogP contribution in [0.1, 0.15) is 30.5 Å². The molecule has 0 aliphatic heterocycles. The zero-order chi connectivity index (χ0) is 13.7. The van der Waals surface area contributed by atoms with Crippen molar-refractivity contribution in [3.63, 3.8) is 0 Å². The summed E-state index contributed by atoms with van der Waals surface area (Å²) in [6, 6.07) is 17.7. The van der Waals surface area contributed by atoms with Gasteiger partial charge in [-0.2, -0.15) is 0 Å². The van der Waals surface area contributed by atoms with E-state index in [2.05, 4.69) is 19.1 Å². The molecular weight excluding hydrogens is 234 g/mol. The van der Waals surface area contributed by atoms with E-state index >= 15 is 0 Å². The van der Waals surface area contributed by atoms with Gasteiger partial charge in [-0.3, -0.25) is 0 Å². The summed E-state index contributed by atoms with van der Waals surface area (Å²) in [4.78, 5) is 0. The Kier molecular flexibility index (Phi) is 4.58. The van der Waals surface area contributed by atoms with Crippen LogP contribution >= 0.6 is 0 Å². The van der Waals surface area contributed by atoms with E-state index in [1.807, 2.05) is 30.3 Å². The number of nitrogens with two attached hydrogens (primary N) is 1. The minimum Gasteiger partial charge on any atom is -0.508 e. The molecule has 2 aromatic rings. The smallest absolute Gasteiger partial charge is 0.115 e. The summed E-state index contributed by atoms with van der Waals surface area (Å²) < 4.78 is 0. The summed E-state index contributed by atoms with van der Waals surface area (Å²) in [6.45, 7) is 2.19. The van der Waals surface area contributed by atoms with Crippen molar-refractivity contribution < 1.29 is 5.11 Å². The first-order valence-electron chi connectivity index (χ1n) is 6.75. The highest BCUT2D eigenvalue weighted by Crippen LogP contribution is 2.23. The van der Waals surface area contributed by atoms with Crippen LogP contribution in [0, 0.1) is 5.92 Å². The van der Waals surface area contributed by atoms with Crippen molar-refractivity contribution >= 4 is 0 Å². The van der Waals surface area contributed by atoms with Gasteiger partial charge >= 0.3 is 0 Å². The molecule has 0 radical (unpaired) electrons. The van der Waals surface area contributed by atoms with Crippen molar-refractivity contribution in [2.24, 2.45) is 11.7 Å². The van der Waals surface area contributed by atoms with Crippen LogP contribution in [-0.4, -0.2) is 5.11 Å². The predicted molar refractivity (Wildman–Crippen MR) is 79.0 cm³/mol. The Morgan fingerprint density at radius 1 is 1.00 bits per heavy atom. The Balaban J connectivity index is 1.90. The number of hydrogen-bond donors (Lipinski definition) is 2. The topological polar surface area (TPSA) is 46.2 Å². The van der Waals surface area contributed by atoms with Gasteiger partial charge in [-0.15, -0.1) is 0 Å². The van der Waals surface area contributed by atoms with Gasteiger partial charge in [0.2, 0.25) is 0 Å². The van der Waals surface area contributed by atoms with Crippen molar-refractivity contribution in [1.29, 1.82) is 0 Å². The number of aryl methyl sites for hydroxylation is 1. The third-order valence-electron chi connectivity index (χ3n) is 3.62. The highest BCUT2D eigenvalue weighted by Gasteiger charge is 2.14. The average molecular weight is 255 g/mol. The molecule has 3 N–H and O–H groups in total. The van der Waals surface area contributed by atoms with Crippen LogP contribution in [0.3, 0.4) is 0 Å². The molecule has 100 valence electrons. The van der Waals surface area contributed by atoms with Crippen LogP contribution in [0.2, 0.25) is 0 Å². The second-order valence-electron chi connectivity index (χ2n) is 5.12. The molecule has 0 bridgehead atoms. The molecule has 0 amide bonds. The van der Waals surface area contributed by atoms with Gasteiger partial charge in [0.15, 0.2) is 0 Å². The van der Waals surface area contributed by atoms with Gasteiger partial charge in [0.05, 0.1) is 0 Å². The third-order valence-corrected chi connectivity index (χ3v) is 3.62. The SMILES string of the molecule is CC(CCc1ccc(O)cc1)C(N)c1ccccc1. The minimum atomic E-state index is 0.0818. The van der Waals surface area contributed by atoms with E-state index in [1.165, 1.54) is 11.1 Å². The molecule has 2 atom stereocenters. The standard InChI is InChI=1S/C17H21NO/c1-13(17(18)15-5-3-2-4-6-15)7-8-14-9-11-16(19)12-10-14/h2-6,9-13,17,19H,7-8,18H2,1H3. The quantitative estimate of drug-likeness (QED) is 0.856. The Hall–Kier alpha value is -1.80. The highest BCUT2D eigenvalue weighted by molar-refractivity contribution is 5.26. The van der Waals surface area contributed by atoms with E-state index in [0.29, 0.717) is 11.7 Å². The van der Waals surface area contributed by atoms with E-state index in [-0.39, 0.29) is 6.04 Å². The number of benzene rings is 2. The van der Waals surface area contributed by atoms with Crippen LogP contribution in [0.4, 0.5) is 0 Å². The Bertz CT molecular complexity index is 492. The molecule has 0 saturated heterocycles. The van der Waals surface area contributed by atoms with Crippen molar-refractivity contribution in [3.8, 4) is 5.75 Å².